The Morgan fingerprint density at radius 2 is 1.07 bits per heavy atom. The van der Waals surface area contributed by atoms with E-state index in [-0.39, 0.29) is 6.61 Å². The van der Waals surface area contributed by atoms with Crippen LogP contribution in [0.1, 0.15) is 37.5 Å². The van der Waals surface area contributed by atoms with Gasteiger partial charge in [0.2, 0.25) is 0 Å². The van der Waals surface area contributed by atoms with Crippen molar-refractivity contribution in [2.75, 3.05) is 6.61 Å². The van der Waals surface area contributed by atoms with Gasteiger partial charge in [0.15, 0.2) is 0 Å². The van der Waals surface area contributed by atoms with Gasteiger partial charge in [-0.15, -0.1) is 0 Å². The van der Waals surface area contributed by atoms with E-state index >= 15 is 0 Å². The molecular formula is C38H42O7S. The molecular weight excluding hydrogens is 600 g/mol. The Morgan fingerprint density at radius 1 is 0.630 bits per heavy atom. The highest BCUT2D eigenvalue weighted by Gasteiger charge is 2.49. The first kappa shape index (κ1) is 33.7. The molecule has 1 saturated heterocycles. The summed E-state index contributed by atoms with van der Waals surface area (Å²) in [6, 6.07) is 40.0. The van der Waals surface area contributed by atoms with E-state index in [4.69, 9.17) is 28.4 Å². The molecule has 5 atom stereocenters. The number of carbonyl (C=O) groups excluding carboxylic acids is 1. The second-order valence-corrected chi connectivity index (χ2v) is 13.2. The molecule has 242 valence electrons. The van der Waals surface area contributed by atoms with E-state index in [0.29, 0.717) is 19.8 Å². The van der Waals surface area contributed by atoms with Crippen molar-refractivity contribution in [3.05, 3.63) is 138 Å². The Labute approximate surface area is 276 Å². The minimum absolute atomic E-state index is 0.0865. The third-order valence-electron chi connectivity index (χ3n) is 7.20. The van der Waals surface area contributed by atoms with E-state index in [9.17, 15) is 4.79 Å². The van der Waals surface area contributed by atoms with Gasteiger partial charge in [-0.05, 0) is 49.6 Å². The van der Waals surface area contributed by atoms with Gasteiger partial charge in [0.1, 0.15) is 42.1 Å². The molecule has 0 radical (unpaired) electrons. The Balaban J connectivity index is 1.47. The first-order chi connectivity index (χ1) is 22.3. The normalized spacial score (nSPS) is 21.4. The van der Waals surface area contributed by atoms with Crippen LogP contribution in [-0.4, -0.2) is 48.2 Å². The van der Waals surface area contributed by atoms with Crippen molar-refractivity contribution in [1.82, 2.24) is 0 Å². The average molecular weight is 643 g/mol. The summed E-state index contributed by atoms with van der Waals surface area (Å²) < 4.78 is 37.9. The maximum atomic E-state index is 12.7. The maximum Gasteiger partial charge on any atom is 0.508 e. The van der Waals surface area contributed by atoms with Gasteiger partial charge in [-0.1, -0.05) is 121 Å². The van der Waals surface area contributed by atoms with Crippen LogP contribution in [0, 0.1) is 0 Å². The average Bonchev–Trinajstić information content (AvgIpc) is 3.06. The van der Waals surface area contributed by atoms with Crippen LogP contribution in [0.5, 0.6) is 0 Å². The van der Waals surface area contributed by atoms with Gasteiger partial charge >= 0.3 is 6.16 Å². The van der Waals surface area contributed by atoms with Crippen LogP contribution in [0.3, 0.4) is 0 Å². The Morgan fingerprint density at radius 3 is 1.54 bits per heavy atom. The van der Waals surface area contributed by atoms with Crippen molar-refractivity contribution in [1.29, 1.82) is 0 Å². The standard InChI is InChI=1S/C38H42O7S/c1-38(2,3)45-37(39)43-27-32-33(40-24-28-16-8-4-9-17-28)34(41-25-29-18-10-5-11-19-29)35(42-26-30-20-12-6-13-21-30)36(44-32)46-31-22-14-7-15-23-31/h4-23,32-36H,24-27H2,1-3H3/t32-,33-,34+,35-,36+/m1/s1. The summed E-state index contributed by atoms with van der Waals surface area (Å²) in [7, 11) is 0. The third-order valence-corrected chi connectivity index (χ3v) is 8.35. The molecule has 4 aromatic carbocycles. The molecule has 1 fully saturated rings. The summed E-state index contributed by atoms with van der Waals surface area (Å²) in [6.07, 6.45) is -3.19. The second-order valence-electron chi connectivity index (χ2n) is 12.0. The Bertz CT molecular complexity index is 1450. The first-order valence-corrected chi connectivity index (χ1v) is 16.4. The zero-order chi connectivity index (χ0) is 32.2. The number of thioether (sulfide) groups is 1. The molecule has 4 aromatic rings. The lowest BCUT2D eigenvalue weighted by atomic mass is 9.99. The van der Waals surface area contributed by atoms with E-state index in [0.717, 1.165) is 21.6 Å². The van der Waals surface area contributed by atoms with Crippen LogP contribution >= 0.6 is 11.8 Å². The molecule has 0 unspecified atom stereocenters. The summed E-state index contributed by atoms with van der Waals surface area (Å²) in [6.45, 7) is 6.31. The Hall–Kier alpha value is -3.66. The predicted molar refractivity (Wildman–Crippen MR) is 178 cm³/mol. The summed E-state index contributed by atoms with van der Waals surface area (Å²) in [5, 5.41) is 0. The summed E-state index contributed by atoms with van der Waals surface area (Å²) in [5.41, 5.74) is 1.85. The largest absolute Gasteiger partial charge is 0.508 e. The second kappa shape index (κ2) is 16.8. The highest BCUT2D eigenvalue weighted by atomic mass is 32.2. The van der Waals surface area contributed by atoms with Crippen LogP contribution in [0.15, 0.2) is 126 Å². The van der Waals surface area contributed by atoms with Gasteiger partial charge < -0.3 is 28.4 Å². The van der Waals surface area contributed by atoms with E-state index in [1.807, 2.05) is 121 Å². The monoisotopic (exact) mass is 642 g/mol. The molecule has 0 bridgehead atoms. The van der Waals surface area contributed by atoms with Crippen LogP contribution in [0.25, 0.3) is 0 Å². The molecule has 7 nitrogen and oxygen atoms in total. The van der Waals surface area contributed by atoms with Gasteiger partial charge in [0.25, 0.3) is 0 Å². The lowest BCUT2D eigenvalue weighted by Gasteiger charge is -2.45. The summed E-state index contributed by atoms with van der Waals surface area (Å²) >= 11 is 1.54. The topological polar surface area (TPSA) is 72.5 Å². The highest BCUT2D eigenvalue weighted by Crippen LogP contribution is 2.38. The fourth-order valence-electron chi connectivity index (χ4n) is 5.04. The number of carbonyl (C=O) groups is 1. The van der Waals surface area contributed by atoms with Crippen molar-refractivity contribution in [3.63, 3.8) is 0 Å². The zero-order valence-electron chi connectivity index (χ0n) is 26.5. The fourth-order valence-corrected chi connectivity index (χ4v) is 6.19. The van der Waals surface area contributed by atoms with Gasteiger partial charge in [-0.25, -0.2) is 4.79 Å². The van der Waals surface area contributed by atoms with E-state index in [2.05, 4.69) is 0 Å². The number of hydrogen-bond acceptors (Lipinski definition) is 8. The van der Waals surface area contributed by atoms with Crippen LogP contribution in [0.2, 0.25) is 0 Å². The molecule has 1 aliphatic rings. The molecule has 46 heavy (non-hydrogen) atoms. The zero-order valence-corrected chi connectivity index (χ0v) is 27.3. The minimum Gasteiger partial charge on any atom is -0.431 e. The number of benzene rings is 4. The SMILES string of the molecule is CC(C)(C)OC(=O)OC[C@H]1O[C@@H](Sc2ccccc2)[C@H](OCc2ccccc2)[C@@H](OCc2ccccc2)[C@@H]1OCc1ccccc1. The van der Waals surface area contributed by atoms with Crippen molar-refractivity contribution in [3.8, 4) is 0 Å². The third kappa shape index (κ3) is 10.4. The van der Waals surface area contributed by atoms with Crippen LogP contribution < -0.4 is 0 Å². The molecule has 0 saturated carbocycles. The molecule has 0 spiro atoms. The molecule has 1 heterocycles. The Kier molecular flexibility index (Phi) is 12.3. The number of rotatable bonds is 13. The van der Waals surface area contributed by atoms with Crippen molar-refractivity contribution >= 4 is 17.9 Å². The van der Waals surface area contributed by atoms with Gasteiger partial charge in [-0.2, -0.15) is 0 Å². The number of ether oxygens (including phenoxy) is 6. The number of hydrogen-bond donors (Lipinski definition) is 0. The van der Waals surface area contributed by atoms with E-state index in [1.165, 1.54) is 0 Å². The van der Waals surface area contributed by atoms with E-state index in [1.54, 1.807) is 32.5 Å². The van der Waals surface area contributed by atoms with Crippen LogP contribution in [0.4, 0.5) is 4.79 Å². The molecule has 5 rings (SSSR count). The van der Waals surface area contributed by atoms with E-state index < -0.39 is 41.6 Å². The quantitative estimate of drug-likeness (QED) is 0.135. The maximum absolute atomic E-state index is 12.7. The first-order valence-electron chi connectivity index (χ1n) is 15.5. The fraction of sp³-hybridized carbons (Fsp3) is 0.342. The van der Waals surface area contributed by atoms with Crippen molar-refractivity contribution in [2.45, 2.75) is 80.9 Å². The van der Waals surface area contributed by atoms with Crippen LogP contribution in [-0.2, 0) is 48.2 Å². The van der Waals surface area contributed by atoms with Crippen molar-refractivity contribution in [2.24, 2.45) is 0 Å². The molecule has 0 amide bonds. The lowest BCUT2D eigenvalue weighted by molar-refractivity contribution is -0.252. The lowest BCUT2D eigenvalue weighted by Crippen LogP contribution is -2.60. The summed E-state index contributed by atoms with van der Waals surface area (Å²) in [5.74, 6) is 0. The predicted octanol–water partition coefficient (Wildman–Crippen LogP) is 8.21. The van der Waals surface area contributed by atoms with Gasteiger partial charge in [-0.3, -0.25) is 0 Å². The summed E-state index contributed by atoms with van der Waals surface area (Å²) in [4.78, 5) is 13.7. The molecule has 0 aliphatic carbocycles. The van der Waals surface area contributed by atoms with Gasteiger partial charge in [0, 0.05) is 4.90 Å². The van der Waals surface area contributed by atoms with Gasteiger partial charge in [0.05, 0.1) is 19.8 Å². The minimum atomic E-state index is -0.769. The molecule has 0 N–H and O–H groups in total. The smallest absolute Gasteiger partial charge is 0.431 e. The van der Waals surface area contributed by atoms with Crippen molar-refractivity contribution < 1.29 is 33.2 Å². The molecule has 1 aliphatic heterocycles. The highest BCUT2D eigenvalue weighted by molar-refractivity contribution is 7.99. The molecule has 8 heteroatoms. The molecule has 0 aromatic heterocycles.